The van der Waals surface area contributed by atoms with Crippen molar-refractivity contribution in [1.29, 1.82) is 0 Å². The molecule has 0 spiro atoms. The minimum Gasteiger partial charge on any atom is -0.394 e. The number of amides is 1. The summed E-state index contributed by atoms with van der Waals surface area (Å²) in [5.41, 5.74) is 0. The molecule has 1 amide bonds. The van der Waals surface area contributed by atoms with E-state index in [0.29, 0.717) is 12.8 Å². The fraction of sp³-hybridized carbons (Fsp3) is 0.702. The Hall–Kier alpha value is -3.09. The van der Waals surface area contributed by atoms with Crippen molar-refractivity contribution in [3.8, 4) is 0 Å². The predicted molar refractivity (Wildman–Crippen MR) is 281 cm³/mol. The van der Waals surface area contributed by atoms with Gasteiger partial charge in [0.05, 0.1) is 32.0 Å². The maximum atomic E-state index is 13.1. The first-order valence-corrected chi connectivity index (χ1v) is 27.0. The van der Waals surface area contributed by atoms with Gasteiger partial charge in [-0.2, -0.15) is 0 Å². The van der Waals surface area contributed by atoms with Gasteiger partial charge in [0.1, 0.15) is 48.8 Å². The highest BCUT2D eigenvalue weighted by Gasteiger charge is 2.51. The average Bonchev–Trinajstić information content (AvgIpc) is 3.37. The van der Waals surface area contributed by atoms with Crippen LogP contribution in [0.4, 0.5) is 0 Å². The zero-order valence-electron chi connectivity index (χ0n) is 43.2. The van der Waals surface area contributed by atoms with Gasteiger partial charge in [-0.05, 0) is 77.0 Å². The van der Waals surface area contributed by atoms with Gasteiger partial charge in [0.2, 0.25) is 5.91 Å². The predicted octanol–water partition coefficient (Wildman–Crippen LogP) is 7.93. The molecule has 14 heteroatoms. The van der Waals surface area contributed by atoms with Crippen LogP contribution < -0.4 is 5.32 Å². The van der Waals surface area contributed by atoms with Gasteiger partial charge in [0.25, 0.3) is 0 Å². The molecule has 12 unspecified atom stereocenters. The summed E-state index contributed by atoms with van der Waals surface area (Å²) < 4.78 is 22.6. The van der Waals surface area contributed by atoms with Crippen molar-refractivity contribution in [2.75, 3.05) is 19.8 Å². The Balaban J connectivity index is 1.65. The van der Waals surface area contributed by atoms with Crippen LogP contribution in [0.15, 0.2) is 97.2 Å². The maximum Gasteiger partial charge on any atom is 0.220 e. The molecule has 2 fully saturated rings. The third-order valence-electron chi connectivity index (χ3n) is 12.6. The third-order valence-corrected chi connectivity index (χ3v) is 12.6. The number of unbranched alkanes of at least 4 members (excludes halogenated alkanes) is 11. The molecule has 0 aromatic carbocycles. The van der Waals surface area contributed by atoms with Gasteiger partial charge >= 0.3 is 0 Å². The van der Waals surface area contributed by atoms with Crippen molar-refractivity contribution in [3.63, 3.8) is 0 Å². The highest BCUT2D eigenvalue weighted by molar-refractivity contribution is 5.76. The molecule has 2 saturated heterocycles. The molecule has 14 nitrogen and oxygen atoms in total. The van der Waals surface area contributed by atoms with E-state index in [0.717, 1.165) is 128 Å². The molecule has 0 aromatic heterocycles. The normalized spacial score (nSPS) is 26.6. The average molecular weight is 1000 g/mol. The highest BCUT2D eigenvalue weighted by Crippen LogP contribution is 2.30. The van der Waals surface area contributed by atoms with Crippen LogP contribution in [0.1, 0.15) is 162 Å². The summed E-state index contributed by atoms with van der Waals surface area (Å²) in [7, 11) is 0. The van der Waals surface area contributed by atoms with Crippen molar-refractivity contribution >= 4 is 5.91 Å². The molecule has 0 aliphatic carbocycles. The van der Waals surface area contributed by atoms with E-state index in [1.807, 2.05) is 0 Å². The number of rotatable bonds is 40. The Morgan fingerprint density at radius 2 is 0.972 bits per heavy atom. The molecule has 2 heterocycles. The van der Waals surface area contributed by atoms with Crippen LogP contribution in [-0.2, 0) is 23.7 Å². The van der Waals surface area contributed by atoms with Crippen LogP contribution in [0, 0.1) is 0 Å². The monoisotopic (exact) mass is 1000 g/mol. The largest absolute Gasteiger partial charge is 0.394 e. The minimum absolute atomic E-state index is 0.233. The van der Waals surface area contributed by atoms with E-state index < -0.39 is 86.8 Å². The number of carbonyl (C=O) groups is 1. The lowest BCUT2D eigenvalue weighted by atomic mass is 9.97. The summed E-state index contributed by atoms with van der Waals surface area (Å²) in [6, 6.07) is -0.840. The second-order valence-electron chi connectivity index (χ2n) is 18.6. The second-order valence-corrected chi connectivity index (χ2v) is 18.6. The molecule has 71 heavy (non-hydrogen) atoms. The smallest absolute Gasteiger partial charge is 0.220 e. The van der Waals surface area contributed by atoms with Crippen LogP contribution in [0.5, 0.6) is 0 Å². The molecule has 2 aliphatic heterocycles. The van der Waals surface area contributed by atoms with Crippen molar-refractivity contribution in [2.24, 2.45) is 0 Å². The van der Waals surface area contributed by atoms with Crippen LogP contribution >= 0.6 is 0 Å². The molecule has 0 radical (unpaired) electrons. The summed E-state index contributed by atoms with van der Waals surface area (Å²) >= 11 is 0. The van der Waals surface area contributed by atoms with E-state index >= 15 is 0 Å². The van der Waals surface area contributed by atoms with Gasteiger partial charge < -0.3 is 65.1 Å². The van der Waals surface area contributed by atoms with Crippen molar-refractivity contribution in [2.45, 2.75) is 235 Å². The second kappa shape index (κ2) is 42.3. The number of ether oxygens (including phenoxy) is 4. The highest BCUT2D eigenvalue weighted by atomic mass is 16.7. The molecule has 9 N–H and O–H groups in total. The number of hydrogen-bond donors (Lipinski definition) is 9. The van der Waals surface area contributed by atoms with Gasteiger partial charge in [-0.15, -0.1) is 0 Å². The Labute approximate surface area is 426 Å². The van der Waals surface area contributed by atoms with Crippen LogP contribution in [0.2, 0.25) is 0 Å². The van der Waals surface area contributed by atoms with Gasteiger partial charge in [0.15, 0.2) is 12.6 Å². The fourth-order valence-corrected chi connectivity index (χ4v) is 8.19. The SMILES string of the molecule is CC/C=C\C/C=C\C/C=C\C/C=C\C/C=C\C/C=C\C/C=C\C/C=C\CCCCCCCCC(=O)NC(COC1OC(CO)C(OC2OC(CO)C(O)C(O)C2O)C(O)C1O)C(O)CCCCCCCC. The van der Waals surface area contributed by atoms with Gasteiger partial charge in [-0.3, -0.25) is 4.79 Å². The lowest BCUT2D eigenvalue weighted by Gasteiger charge is -2.46. The topological polar surface area (TPSA) is 228 Å². The van der Waals surface area contributed by atoms with E-state index in [-0.39, 0.29) is 18.9 Å². The van der Waals surface area contributed by atoms with E-state index in [4.69, 9.17) is 18.9 Å². The van der Waals surface area contributed by atoms with Crippen LogP contribution in [-0.4, -0.2) is 140 Å². The summed E-state index contributed by atoms with van der Waals surface area (Å²) in [4.78, 5) is 13.1. The number of allylic oxidation sites excluding steroid dienone is 16. The number of nitrogens with one attached hydrogen (secondary N) is 1. The summed E-state index contributed by atoms with van der Waals surface area (Å²) in [5, 5.41) is 86.5. The molecule has 0 aromatic rings. The van der Waals surface area contributed by atoms with Gasteiger partial charge in [0, 0.05) is 6.42 Å². The Morgan fingerprint density at radius 3 is 1.49 bits per heavy atom. The summed E-state index contributed by atoms with van der Waals surface area (Å²) in [6.45, 7) is 2.62. The Bertz CT molecular complexity index is 1560. The molecule has 0 bridgehead atoms. The Kier molecular flexibility index (Phi) is 38.1. The van der Waals surface area contributed by atoms with Crippen molar-refractivity contribution in [1.82, 2.24) is 5.32 Å². The lowest BCUT2D eigenvalue weighted by molar-refractivity contribution is -0.359. The first-order chi connectivity index (χ1) is 34.6. The van der Waals surface area contributed by atoms with Crippen molar-refractivity contribution < 1.29 is 64.6 Å². The van der Waals surface area contributed by atoms with E-state index in [2.05, 4.69) is 116 Å². The molecule has 2 aliphatic rings. The molecular formula is C57H95NO13. The van der Waals surface area contributed by atoms with Gasteiger partial charge in [-0.1, -0.05) is 175 Å². The third kappa shape index (κ3) is 28.8. The van der Waals surface area contributed by atoms with Crippen LogP contribution in [0.25, 0.3) is 0 Å². The first-order valence-electron chi connectivity index (χ1n) is 27.0. The lowest BCUT2D eigenvalue weighted by Crippen LogP contribution is -2.65. The summed E-state index contributed by atoms with van der Waals surface area (Å²) in [6.07, 6.45) is 40.3. The quantitative estimate of drug-likeness (QED) is 0.0210. The summed E-state index contributed by atoms with van der Waals surface area (Å²) in [5.74, 6) is -0.233. The molecule has 0 saturated carbocycles. The fourth-order valence-electron chi connectivity index (χ4n) is 8.19. The maximum absolute atomic E-state index is 13.1. The number of aliphatic hydroxyl groups excluding tert-OH is 8. The first kappa shape index (κ1) is 64.0. The van der Waals surface area contributed by atoms with E-state index in [1.54, 1.807) is 0 Å². The zero-order chi connectivity index (χ0) is 51.7. The molecule has 406 valence electrons. The van der Waals surface area contributed by atoms with Crippen LogP contribution in [0.3, 0.4) is 0 Å². The number of carbonyl (C=O) groups excluding carboxylic acids is 1. The Morgan fingerprint density at radius 1 is 0.521 bits per heavy atom. The standard InChI is InChI=1S/C57H95NO13/c1-3-5-7-9-11-12-13-14-15-16-17-18-19-20-21-22-23-24-25-26-27-28-29-30-31-32-33-34-35-37-39-41-49(62)58-45(46(61)40-38-36-10-8-6-4-2)44-68-56-54(67)52(65)55(48(43-60)70-56)71-57-53(66)51(64)50(63)47(42-59)69-57/h5,7,11-12,14-15,17-18,20-21,23-24,26-27,29-30,45-48,50-57,59-61,63-67H,3-4,6,8-10,13,16,19,22,25,28,31-44H2,1-2H3,(H,58,62)/b7-5-,12-11-,15-14-,18-17-,21-20-,24-23-,27-26-,30-29-. The van der Waals surface area contributed by atoms with Crippen molar-refractivity contribution in [3.05, 3.63) is 97.2 Å². The minimum atomic E-state index is -1.79. The van der Waals surface area contributed by atoms with E-state index in [1.165, 1.54) is 0 Å². The van der Waals surface area contributed by atoms with E-state index in [9.17, 15) is 45.6 Å². The van der Waals surface area contributed by atoms with Gasteiger partial charge in [-0.25, -0.2) is 0 Å². The zero-order valence-corrected chi connectivity index (χ0v) is 43.2. The molecule has 2 rings (SSSR count). The number of aliphatic hydroxyl groups is 8. The molecule has 12 atom stereocenters. The molecular weight excluding hydrogens is 907 g/mol. The number of hydrogen-bond acceptors (Lipinski definition) is 13.